The summed E-state index contributed by atoms with van der Waals surface area (Å²) in [6.07, 6.45) is 1.93. The second kappa shape index (κ2) is 3.47. The first kappa shape index (κ1) is 9.62. The zero-order valence-corrected chi connectivity index (χ0v) is 8.74. The molecule has 1 aromatic heterocycles. The average Bonchev–Trinajstić information content (AvgIpc) is 2.69. The van der Waals surface area contributed by atoms with Crippen molar-refractivity contribution in [2.45, 2.75) is 6.42 Å². The number of fused-ring (bicyclic) bond motifs is 3. The van der Waals surface area contributed by atoms with Gasteiger partial charge in [-0.3, -0.25) is 4.79 Å². The molecule has 6 nitrogen and oxygen atoms in total. The number of nitrogens with zero attached hydrogens (tertiary/aromatic N) is 5. The Balaban J connectivity index is 2.31. The minimum atomic E-state index is 0.0431. The highest BCUT2D eigenvalue weighted by molar-refractivity contribution is 6.07. The third-order valence-corrected chi connectivity index (χ3v) is 2.68. The molecule has 0 saturated carbocycles. The van der Waals surface area contributed by atoms with Crippen molar-refractivity contribution in [2.75, 3.05) is 0 Å². The lowest BCUT2D eigenvalue weighted by atomic mass is 10.2. The van der Waals surface area contributed by atoms with E-state index in [0.717, 1.165) is 10.9 Å². The standard InChI is InChI=1S/C11H7N5O/c12-15-14-8-1-2-9-7(5-8)6-10-11(17)3-4-13-16(9)10/h1-2,4-6H,3H2. The maximum absolute atomic E-state index is 11.7. The molecule has 0 N–H and O–H groups in total. The highest BCUT2D eigenvalue weighted by Crippen LogP contribution is 2.26. The summed E-state index contributed by atoms with van der Waals surface area (Å²) in [4.78, 5) is 14.4. The van der Waals surface area contributed by atoms with E-state index in [1.165, 1.54) is 0 Å². The minimum absolute atomic E-state index is 0.0431. The number of aromatic nitrogens is 1. The summed E-state index contributed by atoms with van der Waals surface area (Å²) in [5, 5.41) is 8.55. The van der Waals surface area contributed by atoms with E-state index in [0.29, 0.717) is 17.8 Å². The number of hydrogen-bond donors (Lipinski definition) is 0. The Hall–Kier alpha value is -2.59. The highest BCUT2D eigenvalue weighted by atomic mass is 16.1. The fraction of sp³-hybridized carbons (Fsp3) is 0.0909. The van der Waals surface area contributed by atoms with Crippen molar-refractivity contribution >= 4 is 28.6 Å². The maximum Gasteiger partial charge on any atom is 0.186 e. The van der Waals surface area contributed by atoms with Crippen LogP contribution in [-0.2, 0) is 0 Å². The molecule has 0 spiro atoms. The number of ketones is 1. The number of carbonyl (C=O) groups excluding carboxylic acids is 1. The van der Waals surface area contributed by atoms with Gasteiger partial charge in [0.15, 0.2) is 5.78 Å². The van der Waals surface area contributed by atoms with Crippen LogP contribution in [0.3, 0.4) is 0 Å². The van der Waals surface area contributed by atoms with Crippen molar-refractivity contribution in [1.82, 2.24) is 4.68 Å². The van der Waals surface area contributed by atoms with Gasteiger partial charge in [0.05, 0.1) is 5.52 Å². The molecule has 0 radical (unpaired) electrons. The van der Waals surface area contributed by atoms with Crippen LogP contribution in [0.5, 0.6) is 0 Å². The molecule has 1 aliphatic rings. The summed E-state index contributed by atoms with van der Waals surface area (Å²) in [5.41, 5.74) is 10.3. The molecule has 0 unspecified atom stereocenters. The second-order valence-corrected chi connectivity index (χ2v) is 3.70. The zero-order chi connectivity index (χ0) is 11.8. The number of azide groups is 1. The van der Waals surface area contributed by atoms with Crippen molar-refractivity contribution < 1.29 is 4.79 Å². The van der Waals surface area contributed by atoms with Crippen LogP contribution in [0.4, 0.5) is 5.69 Å². The number of benzene rings is 1. The molecule has 0 aliphatic carbocycles. The molecule has 0 saturated heterocycles. The Morgan fingerprint density at radius 3 is 3.12 bits per heavy atom. The number of carbonyl (C=O) groups is 1. The zero-order valence-electron chi connectivity index (χ0n) is 8.74. The van der Waals surface area contributed by atoms with E-state index in [1.54, 1.807) is 35.2 Å². The Morgan fingerprint density at radius 2 is 2.29 bits per heavy atom. The van der Waals surface area contributed by atoms with Gasteiger partial charge in [-0.05, 0) is 23.7 Å². The van der Waals surface area contributed by atoms with Crippen molar-refractivity contribution in [3.05, 3.63) is 40.4 Å². The normalized spacial score (nSPS) is 13.5. The molecule has 2 aromatic rings. The number of Topliss-reactive ketones (excluding diaryl/α,β-unsaturated/α-hetero) is 1. The molecule has 0 atom stereocenters. The lowest BCUT2D eigenvalue weighted by molar-refractivity contribution is 0.0990. The van der Waals surface area contributed by atoms with E-state index < -0.39 is 0 Å². The molecule has 1 aliphatic heterocycles. The molecular weight excluding hydrogens is 218 g/mol. The van der Waals surface area contributed by atoms with Crippen LogP contribution in [0.25, 0.3) is 21.3 Å². The summed E-state index contributed by atoms with van der Waals surface area (Å²) in [7, 11) is 0. The third-order valence-electron chi connectivity index (χ3n) is 2.68. The first-order valence-electron chi connectivity index (χ1n) is 5.06. The van der Waals surface area contributed by atoms with E-state index >= 15 is 0 Å². The van der Waals surface area contributed by atoms with Gasteiger partial charge < -0.3 is 0 Å². The topological polar surface area (TPSA) is 83.1 Å². The maximum atomic E-state index is 11.7. The fourth-order valence-electron chi connectivity index (χ4n) is 1.94. The molecule has 3 rings (SSSR count). The summed E-state index contributed by atoms with van der Waals surface area (Å²) < 4.78 is 1.61. The number of rotatable bonds is 1. The van der Waals surface area contributed by atoms with Crippen LogP contribution in [0.2, 0.25) is 0 Å². The summed E-state index contributed by atoms with van der Waals surface area (Å²) in [6.45, 7) is 0. The Bertz CT molecular complexity index is 706. The Morgan fingerprint density at radius 1 is 1.41 bits per heavy atom. The summed E-state index contributed by atoms with van der Waals surface area (Å²) in [5.74, 6) is 0.0431. The Labute approximate surface area is 95.8 Å². The highest BCUT2D eigenvalue weighted by Gasteiger charge is 2.17. The molecule has 17 heavy (non-hydrogen) atoms. The first-order valence-corrected chi connectivity index (χ1v) is 5.06. The van der Waals surface area contributed by atoms with Crippen LogP contribution in [0.15, 0.2) is 34.5 Å². The van der Waals surface area contributed by atoms with Gasteiger partial charge >= 0.3 is 0 Å². The van der Waals surface area contributed by atoms with Crippen molar-refractivity contribution in [3.63, 3.8) is 0 Å². The lowest BCUT2D eigenvalue weighted by Crippen LogP contribution is -2.11. The summed E-state index contributed by atoms with van der Waals surface area (Å²) >= 11 is 0. The predicted molar refractivity (Wildman–Crippen MR) is 63.6 cm³/mol. The van der Waals surface area contributed by atoms with Gasteiger partial charge in [-0.15, -0.1) is 0 Å². The summed E-state index contributed by atoms with van der Waals surface area (Å²) in [6, 6.07) is 7.00. The quantitative estimate of drug-likeness (QED) is 0.417. The molecule has 0 fully saturated rings. The SMILES string of the molecule is [N-]=[N+]=Nc1ccc2c(c1)cc1n2N=CCC1=O. The van der Waals surface area contributed by atoms with E-state index in [9.17, 15) is 4.79 Å². The van der Waals surface area contributed by atoms with Gasteiger partial charge in [0.2, 0.25) is 0 Å². The van der Waals surface area contributed by atoms with E-state index in [-0.39, 0.29) is 5.78 Å². The average molecular weight is 225 g/mol. The monoisotopic (exact) mass is 225 g/mol. The van der Waals surface area contributed by atoms with Crippen LogP contribution in [-0.4, -0.2) is 16.7 Å². The van der Waals surface area contributed by atoms with Gasteiger partial charge in [-0.2, -0.15) is 5.10 Å². The predicted octanol–water partition coefficient (Wildman–Crippen LogP) is 3.00. The van der Waals surface area contributed by atoms with Gasteiger partial charge in [-0.1, -0.05) is 11.2 Å². The fourth-order valence-corrected chi connectivity index (χ4v) is 1.94. The van der Waals surface area contributed by atoms with E-state index in [4.69, 9.17) is 5.53 Å². The molecule has 0 bridgehead atoms. The lowest BCUT2D eigenvalue weighted by Gasteiger charge is -2.06. The van der Waals surface area contributed by atoms with Crippen molar-refractivity contribution in [2.24, 2.45) is 10.2 Å². The minimum Gasteiger partial charge on any atom is -0.292 e. The Kier molecular flexibility index (Phi) is 1.96. The molecule has 82 valence electrons. The molecule has 2 heterocycles. The third kappa shape index (κ3) is 1.39. The van der Waals surface area contributed by atoms with Crippen LogP contribution in [0.1, 0.15) is 16.9 Å². The van der Waals surface area contributed by atoms with Crippen LogP contribution >= 0.6 is 0 Å². The largest absolute Gasteiger partial charge is 0.292 e. The van der Waals surface area contributed by atoms with Crippen LogP contribution in [0, 0.1) is 0 Å². The van der Waals surface area contributed by atoms with Gasteiger partial charge in [0.1, 0.15) is 5.69 Å². The number of hydrogen-bond acceptors (Lipinski definition) is 3. The van der Waals surface area contributed by atoms with Gasteiger partial charge in [0.25, 0.3) is 0 Å². The molecule has 6 heteroatoms. The van der Waals surface area contributed by atoms with Crippen molar-refractivity contribution in [3.8, 4) is 0 Å². The smallest absolute Gasteiger partial charge is 0.186 e. The van der Waals surface area contributed by atoms with Gasteiger partial charge in [0, 0.05) is 28.6 Å². The van der Waals surface area contributed by atoms with Crippen LogP contribution < -0.4 is 0 Å². The van der Waals surface area contributed by atoms with Crippen molar-refractivity contribution in [1.29, 1.82) is 0 Å². The molecule has 1 aromatic carbocycles. The van der Waals surface area contributed by atoms with E-state index in [2.05, 4.69) is 15.1 Å². The molecular formula is C11H7N5O. The first-order chi connectivity index (χ1) is 8.29. The van der Waals surface area contributed by atoms with E-state index in [1.807, 2.05) is 0 Å². The second-order valence-electron chi connectivity index (χ2n) is 3.70. The molecule has 0 amide bonds. The van der Waals surface area contributed by atoms with Gasteiger partial charge in [-0.25, -0.2) is 4.68 Å².